The molecule has 2 unspecified atom stereocenters. The molecule has 0 saturated carbocycles. The lowest BCUT2D eigenvalue weighted by molar-refractivity contribution is -0.127. The molecule has 0 aromatic heterocycles. The molecule has 6 rings (SSSR count). The van der Waals surface area contributed by atoms with E-state index in [4.69, 9.17) is 0 Å². The fourth-order valence-corrected chi connectivity index (χ4v) is 5.73. The predicted molar refractivity (Wildman–Crippen MR) is 125 cm³/mol. The number of nitrogens with one attached hydrogen (secondary N) is 2. The zero-order chi connectivity index (χ0) is 23.8. The Hall–Kier alpha value is -4.20. The van der Waals surface area contributed by atoms with Gasteiger partial charge >= 0.3 is 0 Å². The van der Waals surface area contributed by atoms with Crippen LogP contribution in [0.2, 0.25) is 0 Å². The Morgan fingerprint density at radius 3 is 1.41 bits per heavy atom. The minimum absolute atomic E-state index is 0.209. The van der Waals surface area contributed by atoms with Gasteiger partial charge in [0.05, 0.1) is 0 Å². The molecule has 170 valence electrons. The van der Waals surface area contributed by atoms with Gasteiger partial charge in [0.25, 0.3) is 11.8 Å². The number of rotatable bonds is 3. The van der Waals surface area contributed by atoms with Crippen molar-refractivity contribution < 1.29 is 19.2 Å². The van der Waals surface area contributed by atoms with Gasteiger partial charge in [-0.2, -0.15) is 0 Å². The van der Waals surface area contributed by atoms with Crippen LogP contribution < -0.4 is 20.4 Å². The van der Waals surface area contributed by atoms with Crippen molar-refractivity contribution in [1.82, 2.24) is 10.6 Å². The van der Waals surface area contributed by atoms with Crippen LogP contribution >= 0.6 is 0 Å². The number of fused-ring (bicyclic) bond motifs is 4. The SMILES string of the molecule is C=C1CC2(NC1=O)C(=O)N(CCN1C(=O)C3(CC(=C)C(=O)N3)c3ccccc31)c1ccccc12. The van der Waals surface area contributed by atoms with Crippen molar-refractivity contribution in [2.45, 2.75) is 23.9 Å². The summed E-state index contributed by atoms with van der Waals surface area (Å²) in [5.41, 5.74) is 1.30. The zero-order valence-electron chi connectivity index (χ0n) is 18.4. The summed E-state index contributed by atoms with van der Waals surface area (Å²) in [5, 5.41) is 5.70. The number of hydrogen-bond donors (Lipinski definition) is 2. The summed E-state index contributed by atoms with van der Waals surface area (Å²) in [6.07, 6.45) is 0.418. The molecule has 2 N–H and O–H groups in total. The molecule has 2 atom stereocenters. The second-order valence-electron chi connectivity index (χ2n) is 9.23. The lowest BCUT2D eigenvalue weighted by atomic mass is 9.89. The molecule has 34 heavy (non-hydrogen) atoms. The minimum Gasteiger partial charge on any atom is -0.334 e. The normalized spacial score (nSPS) is 27.2. The molecule has 4 heterocycles. The molecule has 2 aromatic carbocycles. The number of anilines is 2. The topological polar surface area (TPSA) is 98.8 Å². The Labute approximate surface area is 195 Å². The van der Waals surface area contributed by atoms with Crippen LogP contribution in [-0.4, -0.2) is 36.7 Å². The number of benzene rings is 2. The number of hydrogen-bond acceptors (Lipinski definition) is 4. The maximum atomic E-state index is 13.6. The molecule has 4 aliphatic heterocycles. The van der Waals surface area contributed by atoms with Crippen LogP contribution in [0.1, 0.15) is 24.0 Å². The summed E-state index contributed by atoms with van der Waals surface area (Å²) in [6.45, 7) is 8.07. The highest BCUT2D eigenvalue weighted by molar-refractivity contribution is 6.15. The summed E-state index contributed by atoms with van der Waals surface area (Å²) < 4.78 is 0. The van der Waals surface area contributed by atoms with E-state index >= 15 is 0 Å². The van der Waals surface area contributed by atoms with E-state index in [1.165, 1.54) is 0 Å². The van der Waals surface area contributed by atoms with Crippen LogP contribution in [0.3, 0.4) is 0 Å². The van der Waals surface area contributed by atoms with E-state index in [1.807, 2.05) is 48.5 Å². The summed E-state index contributed by atoms with van der Waals surface area (Å²) in [7, 11) is 0. The number of carbonyl (C=O) groups excluding carboxylic acids is 4. The average Bonchev–Trinajstić information content (AvgIpc) is 3.45. The summed E-state index contributed by atoms with van der Waals surface area (Å²) in [6, 6.07) is 14.7. The molecule has 2 fully saturated rings. The molecule has 2 saturated heterocycles. The van der Waals surface area contributed by atoms with Crippen molar-refractivity contribution in [2.75, 3.05) is 22.9 Å². The Morgan fingerprint density at radius 1 is 0.676 bits per heavy atom. The molecule has 4 amide bonds. The van der Waals surface area contributed by atoms with E-state index in [-0.39, 0.29) is 49.6 Å². The highest BCUT2D eigenvalue weighted by Gasteiger charge is 2.58. The molecule has 8 nitrogen and oxygen atoms in total. The van der Waals surface area contributed by atoms with E-state index in [1.54, 1.807) is 9.80 Å². The first kappa shape index (κ1) is 20.4. The molecular formula is C26H22N4O4. The van der Waals surface area contributed by atoms with E-state index < -0.39 is 11.1 Å². The maximum Gasteiger partial charge on any atom is 0.257 e. The molecule has 2 aromatic rings. The molecule has 8 heteroatoms. The van der Waals surface area contributed by atoms with E-state index in [0.717, 1.165) is 11.1 Å². The molecule has 4 aliphatic rings. The van der Waals surface area contributed by atoms with Gasteiger partial charge in [-0.1, -0.05) is 49.6 Å². The Kier molecular flexibility index (Phi) is 4.00. The van der Waals surface area contributed by atoms with E-state index in [9.17, 15) is 19.2 Å². The van der Waals surface area contributed by atoms with Gasteiger partial charge in [-0.05, 0) is 12.1 Å². The van der Waals surface area contributed by atoms with Gasteiger partial charge < -0.3 is 20.4 Å². The van der Waals surface area contributed by atoms with Crippen LogP contribution in [0.15, 0.2) is 72.8 Å². The van der Waals surface area contributed by atoms with Crippen molar-refractivity contribution >= 4 is 35.0 Å². The zero-order valence-corrected chi connectivity index (χ0v) is 18.4. The van der Waals surface area contributed by atoms with Gasteiger partial charge in [0.1, 0.15) is 0 Å². The fourth-order valence-electron chi connectivity index (χ4n) is 5.73. The van der Waals surface area contributed by atoms with Gasteiger partial charge in [0.2, 0.25) is 11.8 Å². The average molecular weight is 454 g/mol. The van der Waals surface area contributed by atoms with Crippen LogP contribution in [0.4, 0.5) is 11.4 Å². The van der Waals surface area contributed by atoms with Crippen molar-refractivity contribution in [3.63, 3.8) is 0 Å². The van der Waals surface area contributed by atoms with Crippen LogP contribution in [0, 0.1) is 0 Å². The van der Waals surface area contributed by atoms with Gasteiger partial charge in [-0.3, -0.25) is 19.2 Å². The van der Waals surface area contributed by atoms with Gasteiger partial charge in [-0.25, -0.2) is 0 Å². The molecule has 0 radical (unpaired) electrons. The standard InChI is InChI=1S/C26H22N4O4/c1-15-13-25(27-21(15)31)17-7-3-5-9-19(17)29(23(25)33)11-12-30-20-10-6-4-8-18(20)26(24(30)34)14-16(2)22(32)28-26/h3-10H,1-2,11-14H2,(H,27,31)(H,28,32). The van der Waals surface area contributed by atoms with E-state index in [2.05, 4.69) is 23.8 Å². The maximum absolute atomic E-state index is 13.6. The summed E-state index contributed by atoms with van der Waals surface area (Å²) in [4.78, 5) is 55.1. The molecular weight excluding hydrogens is 432 g/mol. The number of amides is 4. The van der Waals surface area contributed by atoms with Crippen LogP contribution in [0.5, 0.6) is 0 Å². The van der Waals surface area contributed by atoms with E-state index in [0.29, 0.717) is 22.5 Å². The lowest BCUT2D eigenvalue weighted by Crippen LogP contribution is -2.51. The van der Waals surface area contributed by atoms with Crippen LogP contribution in [-0.2, 0) is 30.3 Å². The lowest BCUT2D eigenvalue weighted by Gasteiger charge is -2.27. The predicted octanol–water partition coefficient (Wildman–Crippen LogP) is 1.62. The highest BCUT2D eigenvalue weighted by atomic mass is 16.2. The largest absolute Gasteiger partial charge is 0.334 e. The molecule has 0 bridgehead atoms. The minimum atomic E-state index is -1.16. The first-order valence-electron chi connectivity index (χ1n) is 11.1. The summed E-state index contributed by atoms with van der Waals surface area (Å²) >= 11 is 0. The van der Waals surface area contributed by atoms with Crippen molar-refractivity contribution in [1.29, 1.82) is 0 Å². The monoisotopic (exact) mass is 454 g/mol. The fraction of sp³-hybridized carbons (Fsp3) is 0.231. The molecule has 2 spiro atoms. The first-order chi connectivity index (χ1) is 16.3. The third-order valence-electron chi connectivity index (χ3n) is 7.33. The second-order valence-corrected chi connectivity index (χ2v) is 9.23. The first-order valence-corrected chi connectivity index (χ1v) is 11.1. The van der Waals surface area contributed by atoms with Crippen molar-refractivity contribution in [2.24, 2.45) is 0 Å². The second kappa shape index (κ2) is 6.66. The third kappa shape index (κ3) is 2.42. The van der Waals surface area contributed by atoms with Crippen molar-refractivity contribution in [3.05, 3.63) is 84.0 Å². The highest BCUT2D eigenvalue weighted by Crippen LogP contribution is 2.48. The van der Waals surface area contributed by atoms with Gasteiger partial charge in [-0.15, -0.1) is 0 Å². The van der Waals surface area contributed by atoms with Crippen molar-refractivity contribution in [3.8, 4) is 0 Å². The summed E-state index contributed by atoms with van der Waals surface area (Å²) in [5.74, 6) is -1.13. The third-order valence-corrected chi connectivity index (χ3v) is 7.33. The number of carbonyl (C=O) groups is 4. The smallest absolute Gasteiger partial charge is 0.257 e. The quantitative estimate of drug-likeness (QED) is 0.689. The Bertz CT molecular complexity index is 1220. The van der Waals surface area contributed by atoms with Crippen LogP contribution in [0.25, 0.3) is 0 Å². The number of nitrogens with zero attached hydrogens (tertiary/aromatic N) is 2. The molecule has 0 aliphatic carbocycles. The van der Waals surface area contributed by atoms with Gasteiger partial charge in [0, 0.05) is 59.6 Å². The van der Waals surface area contributed by atoms with Gasteiger partial charge in [0.15, 0.2) is 11.1 Å². The number of para-hydroxylation sites is 2. The Morgan fingerprint density at radius 2 is 1.06 bits per heavy atom. The Balaban J connectivity index is 1.33.